The van der Waals surface area contributed by atoms with Gasteiger partial charge in [-0.25, -0.2) is 13.4 Å². The molecule has 0 spiro atoms. The van der Waals surface area contributed by atoms with Gasteiger partial charge in [0.05, 0.1) is 6.33 Å². The predicted molar refractivity (Wildman–Crippen MR) is 70.0 cm³/mol. The third kappa shape index (κ3) is 2.41. The third-order valence-corrected chi connectivity index (χ3v) is 5.88. The molecule has 1 aliphatic rings. The molecule has 0 amide bonds. The molecule has 1 unspecified atom stereocenters. The molecule has 2 rings (SSSR count). The molecular formula is C11H18ClN3O2S. The number of sulfonamides is 1. The molecule has 1 atom stereocenters. The van der Waals surface area contributed by atoms with E-state index in [9.17, 15) is 8.42 Å². The first kappa shape index (κ1) is 13.8. The zero-order chi connectivity index (χ0) is 13.3. The summed E-state index contributed by atoms with van der Waals surface area (Å²) in [6, 6.07) is 0.00979. The van der Waals surface area contributed by atoms with Gasteiger partial charge >= 0.3 is 0 Å². The first-order valence-electron chi connectivity index (χ1n) is 6.13. The molecule has 2 heterocycles. The summed E-state index contributed by atoms with van der Waals surface area (Å²) in [6.07, 6.45) is 5.37. The summed E-state index contributed by atoms with van der Waals surface area (Å²) in [4.78, 5) is 3.93. The van der Waals surface area contributed by atoms with Crippen LogP contribution in [-0.4, -0.2) is 34.9 Å². The van der Waals surface area contributed by atoms with Crippen LogP contribution >= 0.6 is 11.6 Å². The van der Waals surface area contributed by atoms with Crippen LogP contribution in [0.2, 0.25) is 5.15 Å². The topological polar surface area (TPSA) is 55.2 Å². The van der Waals surface area contributed by atoms with Crippen molar-refractivity contribution in [2.24, 2.45) is 7.05 Å². The molecule has 0 aliphatic carbocycles. The van der Waals surface area contributed by atoms with Crippen LogP contribution in [0, 0.1) is 0 Å². The van der Waals surface area contributed by atoms with E-state index in [2.05, 4.69) is 4.98 Å². The zero-order valence-electron chi connectivity index (χ0n) is 10.6. The quantitative estimate of drug-likeness (QED) is 0.838. The van der Waals surface area contributed by atoms with Crippen LogP contribution < -0.4 is 0 Å². The van der Waals surface area contributed by atoms with Crippen LogP contribution in [0.15, 0.2) is 11.4 Å². The van der Waals surface area contributed by atoms with Gasteiger partial charge in [0.15, 0.2) is 0 Å². The molecule has 1 saturated heterocycles. The molecule has 0 bridgehead atoms. The molecule has 0 radical (unpaired) electrons. The van der Waals surface area contributed by atoms with Crippen molar-refractivity contribution in [2.75, 3.05) is 6.54 Å². The van der Waals surface area contributed by atoms with Crippen LogP contribution in [0.1, 0.15) is 32.6 Å². The lowest BCUT2D eigenvalue weighted by Gasteiger charge is -2.25. The number of hydrogen-bond donors (Lipinski definition) is 0. The van der Waals surface area contributed by atoms with E-state index in [0.29, 0.717) is 6.54 Å². The highest BCUT2D eigenvalue weighted by molar-refractivity contribution is 7.89. The Morgan fingerprint density at radius 3 is 2.72 bits per heavy atom. The van der Waals surface area contributed by atoms with Gasteiger partial charge in [-0.1, -0.05) is 24.4 Å². The van der Waals surface area contributed by atoms with Crippen LogP contribution in [0.3, 0.4) is 0 Å². The second-order valence-corrected chi connectivity index (χ2v) is 6.93. The lowest BCUT2D eigenvalue weighted by atomic mass is 10.1. The fraction of sp³-hybridized carbons (Fsp3) is 0.727. The first-order valence-corrected chi connectivity index (χ1v) is 7.95. The van der Waals surface area contributed by atoms with E-state index in [0.717, 1.165) is 25.7 Å². The Kier molecular flexibility index (Phi) is 3.99. The Bertz CT molecular complexity index is 526. The Morgan fingerprint density at radius 2 is 2.11 bits per heavy atom. The summed E-state index contributed by atoms with van der Waals surface area (Å²) < 4.78 is 28.1. The molecule has 102 valence electrons. The molecule has 7 heteroatoms. The molecule has 1 aromatic rings. The number of hydrogen-bond acceptors (Lipinski definition) is 3. The normalized spacial score (nSPS) is 22.9. The number of aryl methyl sites for hydroxylation is 1. The standard InChI is InChI=1S/C11H18ClN3O2S/c1-9-6-4-3-5-7-15(9)18(16,17)11-10(12)14(2)8-13-11/h8-9H,3-7H2,1-2H3. The second kappa shape index (κ2) is 5.19. The Labute approximate surface area is 113 Å². The van der Waals surface area contributed by atoms with Crippen molar-refractivity contribution in [3.8, 4) is 0 Å². The fourth-order valence-corrected chi connectivity index (χ4v) is 4.38. The second-order valence-electron chi connectivity index (χ2n) is 4.77. The van der Waals surface area contributed by atoms with Gasteiger partial charge in [0, 0.05) is 19.6 Å². The molecule has 5 nitrogen and oxygen atoms in total. The maximum absolute atomic E-state index is 12.6. The number of nitrogens with zero attached hydrogens (tertiary/aromatic N) is 3. The zero-order valence-corrected chi connectivity index (χ0v) is 12.2. The Hall–Kier alpha value is -0.590. The van der Waals surface area contributed by atoms with E-state index < -0.39 is 10.0 Å². The van der Waals surface area contributed by atoms with Gasteiger partial charge in [-0.15, -0.1) is 0 Å². The van der Waals surface area contributed by atoms with E-state index in [4.69, 9.17) is 11.6 Å². The minimum atomic E-state index is -3.57. The summed E-state index contributed by atoms with van der Waals surface area (Å²) in [6.45, 7) is 2.50. The van der Waals surface area contributed by atoms with Gasteiger partial charge in [0.2, 0.25) is 5.03 Å². The van der Waals surface area contributed by atoms with Gasteiger partial charge < -0.3 is 4.57 Å². The van der Waals surface area contributed by atoms with E-state index in [1.54, 1.807) is 7.05 Å². The van der Waals surface area contributed by atoms with Crippen molar-refractivity contribution in [1.29, 1.82) is 0 Å². The highest BCUT2D eigenvalue weighted by Crippen LogP contribution is 2.27. The van der Waals surface area contributed by atoms with Crippen molar-refractivity contribution in [3.05, 3.63) is 11.5 Å². The molecule has 0 aromatic carbocycles. The van der Waals surface area contributed by atoms with Crippen LogP contribution in [0.5, 0.6) is 0 Å². The van der Waals surface area contributed by atoms with Gasteiger partial charge in [-0.05, 0) is 19.8 Å². The lowest BCUT2D eigenvalue weighted by molar-refractivity contribution is 0.341. The van der Waals surface area contributed by atoms with Gasteiger partial charge in [0.1, 0.15) is 5.15 Å². The van der Waals surface area contributed by atoms with Crippen LogP contribution in [0.25, 0.3) is 0 Å². The predicted octanol–water partition coefficient (Wildman–Crippen LogP) is 2.03. The number of imidazole rings is 1. The summed E-state index contributed by atoms with van der Waals surface area (Å²) >= 11 is 6.00. The van der Waals surface area contributed by atoms with Crippen LogP contribution in [0.4, 0.5) is 0 Å². The van der Waals surface area contributed by atoms with Crippen LogP contribution in [-0.2, 0) is 17.1 Å². The monoisotopic (exact) mass is 291 g/mol. The van der Waals surface area contributed by atoms with E-state index in [1.807, 2.05) is 6.92 Å². The average Bonchev–Trinajstić information content (AvgIpc) is 2.52. The molecular weight excluding hydrogens is 274 g/mol. The molecule has 1 fully saturated rings. The van der Waals surface area contributed by atoms with E-state index in [-0.39, 0.29) is 16.2 Å². The van der Waals surface area contributed by atoms with Gasteiger partial charge in [-0.3, -0.25) is 0 Å². The van der Waals surface area contributed by atoms with E-state index in [1.165, 1.54) is 15.2 Å². The first-order chi connectivity index (χ1) is 8.44. The highest BCUT2D eigenvalue weighted by atomic mass is 35.5. The Balaban J connectivity index is 2.38. The fourth-order valence-electron chi connectivity index (χ4n) is 2.28. The van der Waals surface area contributed by atoms with Crippen molar-refractivity contribution >= 4 is 21.6 Å². The van der Waals surface area contributed by atoms with Crippen molar-refractivity contribution in [1.82, 2.24) is 13.9 Å². The maximum Gasteiger partial charge on any atom is 0.263 e. The average molecular weight is 292 g/mol. The number of rotatable bonds is 2. The van der Waals surface area contributed by atoms with Crippen molar-refractivity contribution < 1.29 is 8.42 Å². The SMILES string of the molecule is CC1CCCCCN1S(=O)(=O)c1ncn(C)c1Cl. The van der Waals surface area contributed by atoms with Crippen molar-refractivity contribution in [3.63, 3.8) is 0 Å². The summed E-state index contributed by atoms with van der Waals surface area (Å²) in [5.74, 6) is 0. The smallest absolute Gasteiger partial charge is 0.263 e. The maximum atomic E-state index is 12.6. The lowest BCUT2D eigenvalue weighted by Crippen LogP contribution is -2.38. The Morgan fingerprint density at radius 1 is 1.39 bits per heavy atom. The number of aromatic nitrogens is 2. The minimum absolute atomic E-state index is 0.00979. The van der Waals surface area contributed by atoms with Gasteiger partial charge in [0.25, 0.3) is 10.0 Å². The number of halogens is 1. The largest absolute Gasteiger partial charge is 0.324 e. The van der Waals surface area contributed by atoms with E-state index >= 15 is 0 Å². The van der Waals surface area contributed by atoms with Crippen molar-refractivity contribution in [2.45, 2.75) is 43.7 Å². The molecule has 1 aromatic heterocycles. The molecule has 0 saturated carbocycles. The molecule has 1 aliphatic heterocycles. The van der Waals surface area contributed by atoms with Gasteiger partial charge in [-0.2, -0.15) is 4.31 Å². The minimum Gasteiger partial charge on any atom is -0.324 e. The summed E-state index contributed by atoms with van der Waals surface area (Å²) in [7, 11) is -1.89. The molecule has 18 heavy (non-hydrogen) atoms. The third-order valence-electron chi connectivity index (χ3n) is 3.38. The summed E-state index contributed by atoms with van der Waals surface area (Å²) in [5.41, 5.74) is 0. The summed E-state index contributed by atoms with van der Waals surface area (Å²) in [5, 5.41) is 0.145. The highest BCUT2D eigenvalue weighted by Gasteiger charge is 2.33. The molecule has 0 N–H and O–H groups in total.